The minimum Gasteiger partial charge on any atom is -0.496 e. The van der Waals surface area contributed by atoms with E-state index < -0.39 is 5.97 Å². The molecule has 0 aliphatic rings. The lowest BCUT2D eigenvalue weighted by molar-refractivity contribution is -0.131. The lowest BCUT2D eigenvalue weighted by Gasteiger charge is -2.14. The van der Waals surface area contributed by atoms with E-state index in [0.29, 0.717) is 0 Å². The molecule has 0 bridgehead atoms. The molecule has 86 valence electrons. The lowest BCUT2D eigenvalue weighted by Crippen LogP contribution is -1.97. The minimum absolute atomic E-state index is 0.282. The van der Waals surface area contributed by atoms with Crippen molar-refractivity contribution in [1.29, 1.82) is 0 Å². The Morgan fingerprint density at radius 2 is 2.12 bits per heavy atom. The van der Waals surface area contributed by atoms with E-state index in [0.717, 1.165) is 23.0 Å². The van der Waals surface area contributed by atoms with Crippen molar-refractivity contribution in [2.45, 2.75) is 19.8 Å². The van der Waals surface area contributed by atoms with Gasteiger partial charge in [-0.15, -0.1) is 0 Å². The molecule has 1 rings (SSSR count). The summed E-state index contributed by atoms with van der Waals surface area (Å²) in [6.45, 7) is 4.10. The fraction of sp³-hybridized carbons (Fsp3) is 0.308. The van der Waals surface area contributed by atoms with Gasteiger partial charge in [0.25, 0.3) is 0 Å². The Labute approximate surface area is 95.4 Å². The number of rotatable bonds is 4. The van der Waals surface area contributed by atoms with Gasteiger partial charge in [0.1, 0.15) is 5.75 Å². The predicted octanol–water partition coefficient (Wildman–Crippen LogP) is 2.92. The Kier molecular flexibility index (Phi) is 4.11. The monoisotopic (exact) mass is 220 g/mol. The highest BCUT2D eigenvalue weighted by molar-refractivity contribution is 5.85. The highest BCUT2D eigenvalue weighted by atomic mass is 16.5. The van der Waals surface area contributed by atoms with E-state index >= 15 is 0 Å². The maximum atomic E-state index is 10.5. The van der Waals surface area contributed by atoms with E-state index in [2.05, 4.69) is 13.8 Å². The van der Waals surface area contributed by atoms with Crippen LogP contribution in [0.5, 0.6) is 5.75 Å². The van der Waals surface area contributed by atoms with Gasteiger partial charge >= 0.3 is 5.97 Å². The summed E-state index contributed by atoms with van der Waals surface area (Å²) in [6, 6.07) is 5.62. The van der Waals surface area contributed by atoms with Crippen LogP contribution in [0.15, 0.2) is 24.3 Å². The third kappa shape index (κ3) is 2.86. The summed E-state index contributed by atoms with van der Waals surface area (Å²) < 4.78 is 5.27. The van der Waals surface area contributed by atoms with Gasteiger partial charge in [-0.25, -0.2) is 4.79 Å². The van der Waals surface area contributed by atoms with Crippen LogP contribution in [0.4, 0.5) is 0 Å². The zero-order chi connectivity index (χ0) is 12.1. The molecule has 3 nitrogen and oxygen atoms in total. The maximum absolute atomic E-state index is 10.5. The van der Waals surface area contributed by atoms with Gasteiger partial charge in [0.15, 0.2) is 0 Å². The van der Waals surface area contributed by atoms with E-state index in [9.17, 15) is 4.79 Å². The van der Waals surface area contributed by atoms with Gasteiger partial charge in [0, 0.05) is 11.6 Å². The number of carboxylic acid groups (broad SMARTS) is 1. The van der Waals surface area contributed by atoms with Crippen molar-refractivity contribution in [1.82, 2.24) is 0 Å². The summed E-state index contributed by atoms with van der Waals surface area (Å²) in [5.41, 5.74) is 1.92. The Morgan fingerprint density at radius 3 is 2.62 bits per heavy atom. The summed E-state index contributed by atoms with van der Waals surface area (Å²) >= 11 is 0. The first-order valence-corrected chi connectivity index (χ1v) is 5.14. The average Bonchev–Trinajstić information content (AvgIpc) is 2.25. The Morgan fingerprint density at radius 1 is 1.44 bits per heavy atom. The van der Waals surface area contributed by atoms with Crippen LogP contribution >= 0.6 is 0 Å². The van der Waals surface area contributed by atoms with Crippen LogP contribution in [0, 0.1) is 0 Å². The summed E-state index contributed by atoms with van der Waals surface area (Å²) in [4.78, 5) is 10.5. The average molecular weight is 220 g/mol. The van der Waals surface area contributed by atoms with Crippen LogP contribution in [-0.4, -0.2) is 18.2 Å². The zero-order valence-corrected chi connectivity index (χ0v) is 9.73. The second-order valence-electron chi connectivity index (χ2n) is 3.79. The second kappa shape index (κ2) is 5.35. The number of carboxylic acids is 1. The fourth-order valence-electron chi connectivity index (χ4n) is 1.66. The summed E-state index contributed by atoms with van der Waals surface area (Å²) in [5, 5.41) is 8.61. The first kappa shape index (κ1) is 12.3. The smallest absolute Gasteiger partial charge is 0.328 e. The third-order valence-corrected chi connectivity index (χ3v) is 2.30. The first-order chi connectivity index (χ1) is 7.56. The van der Waals surface area contributed by atoms with E-state index in [1.54, 1.807) is 13.2 Å². The van der Waals surface area contributed by atoms with Crippen LogP contribution in [0.25, 0.3) is 6.08 Å². The highest BCUT2D eigenvalue weighted by Crippen LogP contribution is 2.30. The van der Waals surface area contributed by atoms with Crippen LogP contribution in [0.1, 0.15) is 30.9 Å². The van der Waals surface area contributed by atoms with Gasteiger partial charge in [-0.1, -0.05) is 26.0 Å². The molecule has 1 aromatic carbocycles. The van der Waals surface area contributed by atoms with Crippen LogP contribution < -0.4 is 4.74 Å². The largest absolute Gasteiger partial charge is 0.496 e. The highest BCUT2D eigenvalue weighted by Gasteiger charge is 2.10. The zero-order valence-electron chi connectivity index (χ0n) is 9.73. The Balaban J connectivity index is 3.22. The van der Waals surface area contributed by atoms with Crippen molar-refractivity contribution in [2.75, 3.05) is 7.11 Å². The predicted molar refractivity (Wildman–Crippen MR) is 63.8 cm³/mol. The van der Waals surface area contributed by atoms with Crippen molar-refractivity contribution < 1.29 is 14.6 Å². The summed E-state index contributed by atoms with van der Waals surface area (Å²) in [5.74, 6) is 0.129. The molecule has 0 unspecified atom stereocenters. The number of aliphatic carboxylic acids is 1. The van der Waals surface area contributed by atoms with Crippen molar-refractivity contribution in [3.05, 3.63) is 35.4 Å². The van der Waals surface area contributed by atoms with Crippen molar-refractivity contribution in [2.24, 2.45) is 0 Å². The van der Waals surface area contributed by atoms with Gasteiger partial charge in [0.05, 0.1) is 7.11 Å². The number of benzene rings is 1. The molecular formula is C13H16O3. The van der Waals surface area contributed by atoms with E-state index in [4.69, 9.17) is 9.84 Å². The minimum atomic E-state index is -0.947. The normalized spacial score (nSPS) is 11.0. The van der Waals surface area contributed by atoms with Gasteiger partial charge in [-0.05, 0) is 23.6 Å². The second-order valence-corrected chi connectivity index (χ2v) is 3.79. The SMILES string of the molecule is COc1cccc(C=CC(=O)O)c1C(C)C. The van der Waals surface area contributed by atoms with Gasteiger partial charge in [0.2, 0.25) is 0 Å². The summed E-state index contributed by atoms with van der Waals surface area (Å²) in [7, 11) is 1.62. The van der Waals surface area contributed by atoms with Gasteiger partial charge in [-0.2, -0.15) is 0 Å². The number of methoxy groups -OCH3 is 1. The van der Waals surface area contributed by atoms with E-state index in [-0.39, 0.29) is 5.92 Å². The molecule has 0 aromatic heterocycles. The molecule has 1 N–H and O–H groups in total. The molecule has 0 spiro atoms. The van der Waals surface area contributed by atoms with Crippen molar-refractivity contribution in [3.8, 4) is 5.75 Å². The molecule has 0 aliphatic carbocycles. The molecular weight excluding hydrogens is 204 g/mol. The van der Waals surface area contributed by atoms with Crippen molar-refractivity contribution in [3.63, 3.8) is 0 Å². The van der Waals surface area contributed by atoms with Crippen LogP contribution in [0.3, 0.4) is 0 Å². The van der Waals surface area contributed by atoms with E-state index in [1.807, 2.05) is 18.2 Å². The third-order valence-electron chi connectivity index (χ3n) is 2.30. The molecule has 0 saturated carbocycles. The molecule has 3 heteroatoms. The first-order valence-electron chi connectivity index (χ1n) is 5.14. The van der Waals surface area contributed by atoms with Gasteiger partial charge in [-0.3, -0.25) is 0 Å². The number of hydrogen-bond donors (Lipinski definition) is 1. The van der Waals surface area contributed by atoms with Crippen LogP contribution in [-0.2, 0) is 4.79 Å². The molecule has 16 heavy (non-hydrogen) atoms. The lowest BCUT2D eigenvalue weighted by atomic mass is 9.96. The number of ether oxygens (including phenoxy) is 1. The van der Waals surface area contributed by atoms with Crippen LogP contribution in [0.2, 0.25) is 0 Å². The van der Waals surface area contributed by atoms with E-state index in [1.165, 1.54) is 0 Å². The Hall–Kier alpha value is -1.77. The molecule has 0 radical (unpaired) electrons. The van der Waals surface area contributed by atoms with Gasteiger partial charge < -0.3 is 9.84 Å². The Bertz CT molecular complexity index is 406. The maximum Gasteiger partial charge on any atom is 0.328 e. The molecule has 0 aliphatic heterocycles. The topological polar surface area (TPSA) is 46.5 Å². The molecule has 0 saturated heterocycles. The molecule has 0 fully saturated rings. The standard InChI is InChI=1S/C13H16O3/c1-9(2)13-10(7-8-12(14)15)5-4-6-11(13)16-3/h4-9H,1-3H3,(H,14,15). The molecule has 1 aromatic rings. The molecule has 0 heterocycles. The number of hydrogen-bond acceptors (Lipinski definition) is 2. The molecule has 0 atom stereocenters. The quantitative estimate of drug-likeness (QED) is 0.793. The fourth-order valence-corrected chi connectivity index (χ4v) is 1.66. The summed E-state index contributed by atoms with van der Waals surface area (Å²) in [6.07, 6.45) is 2.74. The van der Waals surface area contributed by atoms with Crippen molar-refractivity contribution >= 4 is 12.0 Å². The number of carbonyl (C=O) groups is 1. The molecule has 0 amide bonds.